The average molecular weight is 286 g/mol. The molecule has 0 aliphatic rings. The number of rotatable bonds is 3. The van der Waals surface area contributed by atoms with Gasteiger partial charge in [-0.25, -0.2) is 4.79 Å². The summed E-state index contributed by atoms with van der Waals surface area (Å²) in [6.07, 6.45) is 1.70. The molecule has 8 heteroatoms. The molecule has 0 aromatic carbocycles. The molecule has 0 radical (unpaired) electrons. The third kappa shape index (κ3) is 2.20. The molecule has 0 fully saturated rings. The first kappa shape index (κ1) is 13.1. The van der Waals surface area contributed by atoms with E-state index >= 15 is 0 Å². The molecule has 2 N–H and O–H groups in total. The van der Waals surface area contributed by atoms with Crippen LogP contribution in [0.5, 0.6) is 0 Å². The first-order valence-electron chi connectivity index (χ1n) is 6.37. The van der Waals surface area contributed by atoms with E-state index in [0.717, 1.165) is 10.3 Å². The van der Waals surface area contributed by atoms with Gasteiger partial charge in [0.05, 0.1) is 12.2 Å². The normalized spacial score (nSPS) is 11.0. The number of nitrogens with zero attached hydrogens (tertiary/aromatic N) is 4. The smallest absolute Gasteiger partial charge is 0.332 e. The fraction of sp³-hybridized carbons (Fsp3) is 0.231. The molecule has 0 bridgehead atoms. The number of hydrogen-bond acceptors (Lipinski definition) is 5. The SMILES string of the molecule is Cn1c(=O)c2[nH]c(NCc3ccccn3)nc2n(C)c1=O. The van der Waals surface area contributed by atoms with E-state index in [1.165, 1.54) is 11.6 Å². The zero-order chi connectivity index (χ0) is 15.0. The maximum atomic E-state index is 12.0. The molecule has 3 aromatic rings. The Morgan fingerprint density at radius 1 is 1.24 bits per heavy atom. The number of fused-ring (bicyclic) bond motifs is 1. The van der Waals surface area contributed by atoms with Crippen LogP contribution in [0, 0.1) is 0 Å². The number of aryl methyl sites for hydroxylation is 1. The lowest BCUT2D eigenvalue weighted by atomic mass is 10.3. The summed E-state index contributed by atoms with van der Waals surface area (Å²) < 4.78 is 2.38. The van der Waals surface area contributed by atoms with Gasteiger partial charge in [-0.15, -0.1) is 0 Å². The van der Waals surface area contributed by atoms with Gasteiger partial charge >= 0.3 is 5.69 Å². The Bertz CT molecular complexity index is 906. The second-order valence-electron chi connectivity index (χ2n) is 4.66. The summed E-state index contributed by atoms with van der Waals surface area (Å²) in [5, 5.41) is 3.05. The summed E-state index contributed by atoms with van der Waals surface area (Å²) in [4.78, 5) is 35.2. The van der Waals surface area contributed by atoms with Crippen molar-refractivity contribution in [3.05, 3.63) is 50.9 Å². The molecule has 0 amide bonds. The Morgan fingerprint density at radius 2 is 2.05 bits per heavy atom. The zero-order valence-corrected chi connectivity index (χ0v) is 11.6. The van der Waals surface area contributed by atoms with Crippen molar-refractivity contribution in [3.63, 3.8) is 0 Å². The van der Waals surface area contributed by atoms with Crippen molar-refractivity contribution in [2.45, 2.75) is 6.54 Å². The fourth-order valence-electron chi connectivity index (χ4n) is 2.09. The lowest BCUT2D eigenvalue weighted by Crippen LogP contribution is -2.36. The highest BCUT2D eigenvalue weighted by Gasteiger charge is 2.13. The molecule has 0 aliphatic carbocycles. The summed E-state index contributed by atoms with van der Waals surface area (Å²) >= 11 is 0. The minimum Gasteiger partial charge on any atom is -0.350 e. The predicted octanol–water partition coefficient (Wildman–Crippen LogP) is -0.0326. The summed E-state index contributed by atoms with van der Waals surface area (Å²) in [5.74, 6) is 0.425. The van der Waals surface area contributed by atoms with Crippen LogP contribution in [0.4, 0.5) is 5.95 Å². The number of nitrogens with one attached hydrogen (secondary N) is 2. The number of aromatic nitrogens is 5. The highest BCUT2D eigenvalue weighted by atomic mass is 16.2. The Kier molecular flexibility index (Phi) is 3.05. The van der Waals surface area contributed by atoms with E-state index in [0.29, 0.717) is 23.7 Å². The topological polar surface area (TPSA) is 97.6 Å². The van der Waals surface area contributed by atoms with Crippen molar-refractivity contribution in [2.24, 2.45) is 14.1 Å². The summed E-state index contributed by atoms with van der Waals surface area (Å²) in [5.41, 5.74) is 0.663. The van der Waals surface area contributed by atoms with Crippen molar-refractivity contribution in [2.75, 3.05) is 5.32 Å². The Balaban J connectivity index is 1.99. The monoisotopic (exact) mass is 286 g/mol. The molecule has 0 atom stereocenters. The lowest BCUT2D eigenvalue weighted by Gasteiger charge is -2.01. The van der Waals surface area contributed by atoms with Crippen LogP contribution < -0.4 is 16.6 Å². The molecule has 0 saturated heterocycles. The summed E-state index contributed by atoms with van der Waals surface area (Å²) in [7, 11) is 3.01. The van der Waals surface area contributed by atoms with Crippen LogP contribution in [0.25, 0.3) is 11.2 Å². The van der Waals surface area contributed by atoms with Gasteiger partial charge in [0.15, 0.2) is 11.2 Å². The van der Waals surface area contributed by atoms with Gasteiger partial charge in [-0.05, 0) is 12.1 Å². The van der Waals surface area contributed by atoms with Gasteiger partial charge in [0, 0.05) is 20.3 Å². The van der Waals surface area contributed by atoms with Gasteiger partial charge in [-0.2, -0.15) is 4.98 Å². The third-order valence-corrected chi connectivity index (χ3v) is 3.26. The molecular formula is C13H14N6O2. The fourth-order valence-corrected chi connectivity index (χ4v) is 2.09. The van der Waals surface area contributed by atoms with Crippen LogP contribution in [-0.2, 0) is 20.6 Å². The molecule has 0 saturated carbocycles. The lowest BCUT2D eigenvalue weighted by molar-refractivity contribution is 0.709. The number of aromatic amines is 1. The zero-order valence-electron chi connectivity index (χ0n) is 11.6. The maximum absolute atomic E-state index is 12.0. The van der Waals surface area contributed by atoms with E-state index in [-0.39, 0.29) is 0 Å². The van der Waals surface area contributed by atoms with Gasteiger partial charge in [-0.3, -0.25) is 18.9 Å². The number of pyridine rings is 1. The first-order chi connectivity index (χ1) is 10.1. The van der Waals surface area contributed by atoms with E-state index in [1.54, 1.807) is 13.2 Å². The highest BCUT2D eigenvalue weighted by Crippen LogP contribution is 2.09. The quantitative estimate of drug-likeness (QED) is 0.704. The van der Waals surface area contributed by atoms with Crippen LogP contribution >= 0.6 is 0 Å². The second kappa shape index (κ2) is 4.89. The minimum absolute atomic E-state index is 0.295. The molecule has 0 unspecified atom stereocenters. The van der Waals surface area contributed by atoms with E-state index < -0.39 is 11.2 Å². The molecular weight excluding hydrogens is 272 g/mol. The van der Waals surface area contributed by atoms with Crippen LogP contribution in [0.1, 0.15) is 5.69 Å². The van der Waals surface area contributed by atoms with Crippen molar-refractivity contribution in [1.82, 2.24) is 24.1 Å². The van der Waals surface area contributed by atoms with E-state index in [9.17, 15) is 9.59 Å². The Morgan fingerprint density at radius 3 is 2.76 bits per heavy atom. The largest absolute Gasteiger partial charge is 0.350 e. The van der Waals surface area contributed by atoms with Crippen LogP contribution in [-0.4, -0.2) is 24.1 Å². The molecule has 0 spiro atoms. The Hall–Kier alpha value is -2.90. The van der Waals surface area contributed by atoms with Crippen molar-refractivity contribution in [1.29, 1.82) is 0 Å². The standard InChI is InChI=1S/C13H14N6O2/c1-18-10-9(11(20)19(2)13(18)21)16-12(17-10)15-7-8-5-3-4-6-14-8/h3-6H,7H2,1-2H3,(H2,15,16,17). The molecule has 3 rings (SSSR count). The van der Waals surface area contributed by atoms with Crippen LogP contribution in [0.15, 0.2) is 34.0 Å². The van der Waals surface area contributed by atoms with Gasteiger partial charge < -0.3 is 10.3 Å². The van der Waals surface area contributed by atoms with Gasteiger partial charge in [0.2, 0.25) is 5.95 Å². The number of hydrogen-bond donors (Lipinski definition) is 2. The molecule has 21 heavy (non-hydrogen) atoms. The minimum atomic E-state index is -0.407. The van der Waals surface area contributed by atoms with E-state index in [1.807, 2.05) is 18.2 Å². The van der Waals surface area contributed by atoms with Gasteiger partial charge in [0.1, 0.15) is 0 Å². The molecule has 3 aromatic heterocycles. The molecule has 8 nitrogen and oxygen atoms in total. The molecule has 3 heterocycles. The second-order valence-corrected chi connectivity index (χ2v) is 4.66. The van der Waals surface area contributed by atoms with Crippen molar-refractivity contribution in [3.8, 4) is 0 Å². The van der Waals surface area contributed by atoms with Crippen molar-refractivity contribution >= 4 is 17.1 Å². The summed E-state index contributed by atoms with van der Waals surface area (Å²) in [6.45, 7) is 0.467. The van der Waals surface area contributed by atoms with E-state index in [2.05, 4.69) is 20.3 Å². The number of anilines is 1. The van der Waals surface area contributed by atoms with Gasteiger partial charge in [-0.1, -0.05) is 6.07 Å². The van der Waals surface area contributed by atoms with E-state index in [4.69, 9.17) is 0 Å². The van der Waals surface area contributed by atoms with Crippen molar-refractivity contribution < 1.29 is 0 Å². The van der Waals surface area contributed by atoms with Crippen LogP contribution in [0.3, 0.4) is 0 Å². The van der Waals surface area contributed by atoms with Crippen LogP contribution in [0.2, 0.25) is 0 Å². The number of H-pyrrole nitrogens is 1. The summed E-state index contributed by atoms with van der Waals surface area (Å²) in [6, 6.07) is 5.61. The third-order valence-electron chi connectivity index (χ3n) is 3.26. The molecule has 108 valence electrons. The maximum Gasteiger partial charge on any atom is 0.332 e. The van der Waals surface area contributed by atoms with Gasteiger partial charge in [0.25, 0.3) is 5.56 Å². The first-order valence-corrected chi connectivity index (χ1v) is 6.37. The predicted molar refractivity (Wildman–Crippen MR) is 78.1 cm³/mol. The molecule has 0 aliphatic heterocycles. The Labute approximate surface area is 119 Å². The highest BCUT2D eigenvalue weighted by molar-refractivity contribution is 5.72. The average Bonchev–Trinajstić information content (AvgIpc) is 2.94. The number of imidazole rings is 1.